The second kappa shape index (κ2) is 9.57. The number of ether oxygens (including phenoxy) is 2. The predicted molar refractivity (Wildman–Crippen MR) is 142 cm³/mol. The van der Waals surface area contributed by atoms with Crippen LogP contribution in [0.1, 0.15) is 71.7 Å². The molecule has 0 unspecified atom stereocenters. The van der Waals surface area contributed by atoms with Gasteiger partial charge in [0.25, 0.3) is 5.91 Å². The number of carbonyl (C=O) groups is 1. The number of anilines is 1. The molecule has 1 aliphatic heterocycles. The summed E-state index contributed by atoms with van der Waals surface area (Å²) in [5.74, 6) is 2.00. The second-order valence-electron chi connectivity index (χ2n) is 10.2. The molecule has 3 aromatic rings. The van der Waals surface area contributed by atoms with Gasteiger partial charge in [-0.2, -0.15) is 0 Å². The number of methoxy groups -OCH3 is 1. The van der Waals surface area contributed by atoms with Crippen molar-refractivity contribution in [2.45, 2.75) is 59.2 Å². The van der Waals surface area contributed by atoms with E-state index in [4.69, 9.17) is 9.47 Å². The molecule has 1 amide bonds. The number of benzene rings is 2. The molecule has 2 heterocycles. The van der Waals surface area contributed by atoms with Crippen LogP contribution in [0.15, 0.2) is 48.5 Å². The smallest absolute Gasteiger partial charge is 0.256 e. The third-order valence-electron chi connectivity index (χ3n) is 7.82. The maximum absolute atomic E-state index is 13.2. The molecule has 2 aliphatic rings. The fraction of sp³-hybridized carbons (Fsp3) is 0.414. The molecular formula is C29H34N2O3S. The number of amides is 1. The Kier molecular flexibility index (Phi) is 6.49. The van der Waals surface area contributed by atoms with E-state index in [1.165, 1.54) is 16.9 Å². The van der Waals surface area contributed by atoms with Crippen molar-refractivity contribution in [3.63, 3.8) is 0 Å². The zero-order valence-corrected chi connectivity index (χ0v) is 21.8. The molecule has 2 aromatic carbocycles. The number of nitrogens with one attached hydrogen (secondary N) is 2. The van der Waals surface area contributed by atoms with Crippen molar-refractivity contribution in [2.24, 2.45) is 11.3 Å². The van der Waals surface area contributed by atoms with E-state index >= 15 is 0 Å². The van der Waals surface area contributed by atoms with Gasteiger partial charge < -0.3 is 20.1 Å². The van der Waals surface area contributed by atoms with Crippen molar-refractivity contribution < 1.29 is 14.3 Å². The molecule has 0 saturated carbocycles. The van der Waals surface area contributed by atoms with Crippen LogP contribution in [0.4, 0.5) is 5.00 Å². The molecule has 1 aliphatic carbocycles. The summed E-state index contributed by atoms with van der Waals surface area (Å²) in [5, 5.41) is 7.74. The SMILES string of the molecule is CCC(C)(C)[C@H]1CCc2c(sc3c2C(=O)N[C@@H](c2ccc(OCc4ccccc4)c(OC)c2)N3)C1. The summed E-state index contributed by atoms with van der Waals surface area (Å²) in [6.07, 6.45) is 4.06. The Bertz CT molecular complexity index is 1220. The van der Waals surface area contributed by atoms with E-state index in [-0.39, 0.29) is 12.1 Å². The van der Waals surface area contributed by atoms with Crippen LogP contribution in [0.5, 0.6) is 11.5 Å². The molecule has 0 spiro atoms. The topological polar surface area (TPSA) is 59.6 Å². The van der Waals surface area contributed by atoms with E-state index in [9.17, 15) is 4.79 Å². The molecule has 5 rings (SSSR count). The van der Waals surface area contributed by atoms with Crippen LogP contribution in [0.3, 0.4) is 0 Å². The molecule has 5 nitrogen and oxygen atoms in total. The molecular weight excluding hydrogens is 456 g/mol. The van der Waals surface area contributed by atoms with Crippen LogP contribution in [0, 0.1) is 11.3 Å². The van der Waals surface area contributed by atoms with E-state index in [2.05, 4.69) is 31.4 Å². The standard InChI is InChI=1S/C29H34N2O3S/c1-5-29(2,3)20-12-13-21-24(16-20)35-28-25(21)27(32)30-26(31-28)19-11-14-22(23(15-19)33-4)34-17-18-9-7-6-8-10-18/h6-11,14-15,20,26,31H,5,12-13,16-17H2,1-4H3,(H,30,32)/t20-,26+/m0/s1. The van der Waals surface area contributed by atoms with E-state index < -0.39 is 0 Å². The van der Waals surface area contributed by atoms with Gasteiger partial charge >= 0.3 is 0 Å². The first-order valence-corrected chi connectivity index (χ1v) is 13.3. The van der Waals surface area contributed by atoms with Crippen molar-refractivity contribution >= 4 is 22.2 Å². The third-order valence-corrected chi connectivity index (χ3v) is 9.00. The molecule has 6 heteroatoms. The van der Waals surface area contributed by atoms with Gasteiger partial charge in [-0.3, -0.25) is 4.79 Å². The van der Waals surface area contributed by atoms with Gasteiger partial charge in [0, 0.05) is 4.88 Å². The minimum atomic E-state index is -0.310. The molecule has 35 heavy (non-hydrogen) atoms. The monoisotopic (exact) mass is 490 g/mol. The summed E-state index contributed by atoms with van der Waals surface area (Å²) in [7, 11) is 1.64. The minimum absolute atomic E-state index is 0.0119. The lowest BCUT2D eigenvalue weighted by Gasteiger charge is -2.36. The van der Waals surface area contributed by atoms with Crippen molar-refractivity contribution in [3.05, 3.63) is 75.7 Å². The summed E-state index contributed by atoms with van der Waals surface area (Å²) >= 11 is 1.76. The van der Waals surface area contributed by atoms with Gasteiger partial charge in [-0.1, -0.05) is 63.6 Å². The molecule has 2 N–H and O–H groups in total. The van der Waals surface area contributed by atoms with E-state index in [0.29, 0.717) is 29.4 Å². The van der Waals surface area contributed by atoms with Gasteiger partial charge in [-0.05, 0) is 59.4 Å². The van der Waals surface area contributed by atoms with Crippen molar-refractivity contribution in [2.75, 3.05) is 12.4 Å². The fourth-order valence-electron chi connectivity index (χ4n) is 5.14. The molecule has 2 atom stereocenters. The highest BCUT2D eigenvalue weighted by atomic mass is 32.1. The van der Waals surface area contributed by atoms with Crippen LogP contribution in [0.25, 0.3) is 0 Å². The normalized spacial score (nSPS) is 19.3. The molecule has 1 aromatic heterocycles. The zero-order chi connectivity index (χ0) is 24.6. The van der Waals surface area contributed by atoms with E-state index in [0.717, 1.165) is 41.0 Å². The molecule has 184 valence electrons. The Labute approximate surface area is 211 Å². The van der Waals surface area contributed by atoms with Crippen LogP contribution >= 0.6 is 11.3 Å². The lowest BCUT2D eigenvalue weighted by molar-refractivity contribution is 0.0934. The van der Waals surface area contributed by atoms with Gasteiger partial charge in [0.05, 0.1) is 12.7 Å². The van der Waals surface area contributed by atoms with Crippen molar-refractivity contribution in [3.8, 4) is 11.5 Å². The van der Waals surface area contributed by atoms with Gasteiger partial charge in [0.1, 0.15) is 17.8 Å². The van der Waals surface area contributed by atoms with Crippen molar-refractivity contribution in [1.29, 1.82) is 0 Å². The second-order valence-corrected chi connectivity index (χ2v) is 11.3. The first kappa shape index (κ1) is 23.7. The number of hydrogen-bond acceptors (Lipinski definition) is 5. The summed E-state index contributed by atoms with van der Waals surface area (Å²) < 4.78 is 11.6. The Morgan fingerprint density at radius 1 is 1.09 bits per heavy atom. The first-order valence-electron chi connectivity index (χ1n) is 12.5. The molecule has 0 fully saturated rings. The van der Waals surface area contributed by atoms with Gasteiger partial charge in [0.2, 0.25) is 0 Å². The summed E-state index contributed by atoms with van der Waals surface area (Å²) in [4.78, 5) is 14.6. The summed E-state index contributed by atoms with van der Waals surface area (Å²) in [6.45, 7) is 7.49. The van der Waals surface area contributed by atoms with Crippen LogP contribution < -0.4 is 20.1 Å². The molecule has 0 radical (unpaired) electrons. The van der Waals surface area contributed by atoms with Crippen LogP contribution in [-0.2, 0) is 19.4 Å². The lowest BCUT2D eigenvalue weighted by Crippen LogP contribution is -2.38. The van der Waals surface area contributed by atoms with Gasteiger partial charge in [0.15, 0.2) is 11.5 Å². The quantitative estimate of drug-likeness (QED) is 0.385. The Morgan fingerprint density at radius 3 is 2.63 bits per heavy atom. The highest BCUT2D eigenvalue weighted by Gasteiger charge is 2.37. The number of rotatable bonds is 7. The average Bonchev–Trinajstić information content (AvgIpc) is 3.26. The largest absolute Gasteiger partial charge is 0.493 e. The van der Waals surface area contributed by atoms with Gasteiger partial charge in [-0.25, -0.2) is 0 Å². The fourth-order valence-corrected chi connectivity index (χ4v) is 6.49. The maximum atomic E-state index is 13.2. The van der Waals surface area contributed by atoms with E-state index in [1.54, 1.807) is 18.4 Å². The number of fused-ring (bicyclic) bond motifs is 3. The summed E-state index contributed by atoms with van der Waals surface area (Å²) in [6, 6.07) is 15.9. The Balaban J connectivity index is 1.35. The van der Waals surface area contributed by atoms with Crippen LogP contribution in [0.2, 0.25) is 0 Å². The average molecular weight is 491 g/mol. The number of thiophene rings is 1. The van der Waals surface area contributed by atoms with E-state index in [1.807, 2.05) is 48.5 Å². The van der Waals surface area contributed by atoms with Crippen LogP contribution in [-0.4, -0.2) is 13.0 Å². The minimum Gasteiger partial charge on any atom is -0.493 e. The maximum Gasteiger partial charge on any atom is 0.256 e. The Hall–Kier alpha value is -2.99. The van der Waals surface area contributed by atoms with Gasteiger partial charge in [-0.15, -0.1) is 11.3 Å². The molecule has 0 bridgehead atoms. The predicted octanol–water partition coefficient (Wildman–Crippen LogP) is 6.73. The first-order chi connectivity index (χ1) is 16.9. The number of hydrogen-bond donors (Lipinski definition) is 2. The highest BCUT2D eigenvalue weighted by Crippen LogP contribution is 2.47. The highest BCUT2D eigenvalue weighted by molar-refractivity contribution is 7.16. The molecule has 0 saturated heterocycles. The summed E-state index contributed by atoms with van der Waals surface area (Å²) in [5.41, 5.74) is 4.45. The number of carbonyl (C=O) groups excluding carboxylic acids is 1. The zero-order valence-electron chi connectivity index (χ0n) is 20.9. The lowest BCUT2D eigenvalue weighted by atomic mass is 9.69. The third kappa shape index (κ3) is 4.64. The Morgan fingerprint density at radius 2 is 1.89 bits per heavy atom. The van der Waals surface area contributed by atoms with Crippen molar-refractivity contribution in [1.82, 2.24) is 5.32 Å².